The monoisotopic (exact) mass is 263 g/mol. The number of carboxylic acid groups (broad SMARTS) is 1. The van der Waals surface area contributed by atoms with Gasteiger partial charge in [-0.3, -0.25) is 0 Å². The van der Waals surface area contributed by atoms with Crippen LogP contribution in [0, 0.1) is 0 Å². The summed E-state index contributed by atoms with van der Waals surface area (Å²) in [4.78, 5) is 12.4. The van der Waals surface area contributed by atoms with Gasteiger partial charge >= 0.3 is 29.6 Å². The van der Waals surface area contributed by atoms with Crippen molar-refractivity contribution in [2.45, 2.75) is 13.1 Å². The molecule has 0 aliphatic rings. The smallest absolute Gasteiger partial charge is 0.530 e. The zero-order chi connectivity index (χ0) is 12.8. The summed E-state index contributed by atoms with van der Waals surface area (Å²) in [7, 11) is 0. The van der Waals surface area contributed by atoms with E-state index < -0.39 is 6.09 Å². The Morgan fingerprint density at radius 3 is 1.53 bits per heavy atom. The van der Waals surface area contributed by atoms with E-state index in [1.807, 2.05) is 60.7 Å². The number of carbonyl (C=O) groups is 1. The molecule has 0 heterocycles. The van der Waals surface area contributed by atoms with Gasteiger partial charge in [0.1, 0.15) is 6.09 Å². The maximum atomic E-state index is 11.1. The van der Waals surface area contributed by atoms with Gasteiger partial charge in [0, 0.05) is 13.1 Å². The predicted molar refractivity (Wildman–Crippen MR) is 67.5 cm³/mol. The number of hydrogen-bond donors (Lipinski definition) is 0. The van der Waals surface area contributed by atoms with Crippen molar-refractivity contribution in [1.82, 2.24) is 4.90 Å². The third kappa shape index (κ3) is 5.07. The van der Waals surface area contributed by atoms with E-state index in [1.54, 1.807) is 0 Å². The number of rotatable bonds is 4. The van der Waals surface area contributed by atoms with Gasteiger partial charge in [-0.25, -0.2) is 0 Å². The average Bonchev–Trinajstić information content (AvgIpc) is 2.40. The van der Waals surface area contributed by atoms with Crippen molar-refractivity contribution in [1.29, 1.82) is 0 Å². The van der Waals surface area contributed by atoms with E-state index in [-0.39, 0.29) is 29.6 Å². The van der Waals surface area contributed by atoms with Crippen molar-refractivity contribution in [3.63, 3.8) is 0 Å². The topological polar surface area (TPSA) is 43.4 Å². The van der Waals surface area contributed by atoms with Crippen molar-refractivity contribution in [3.05, 3.63) is 71.8 Å². The van der Waals surface area contributed by atoms with E-state index in [2.05, 4.69) is 0 Å². The fourth-order valence-electron chi connectivity index (χ4n) is 1.79. The molecule has 1 amide bonds. The number of amides is 1. The molecule has 0 aliphatic heterocycles. The van der Waals surface area contributed by atoms with Crippen LogP contribution in [-0.2, 0) is 13.1 Å². The van der Waals surface area contributed by atoms with Gasteiger partial charge in [0.15, 0.2) is 0 Å². The van der Waals surface area contributed by atoms with Gasteiger partial charge in [-0.1, -0.05) is 60.7 Å². The minimum Gasteiger partial charge on any atom is -0.530 e. The summed E-state index contributed by atoms with van der Waals surface area (Å²) in [6, 6.07) is 19.0. The van der Waals surface area contributed by atoms with Gasteiger partial charge in [-0.2, -0.15) is 0 Å². The first-order valence-corrected chi connectivity index (χ1v) is 5.79. The first-order valence-electron chi connectivity index (χ1n) is 5.79. The van der Waals surface area contributed by atoms with Crippen molar-refractivity contribution in [2.24, 2.45) is 0 Å². The Morgan fingerprint density at radius 1 is 0.842 bits per heavy atom. The SMILES string of the molecule is O=C([O-])N(Cc1ccccc1)Cc1ccccc1.[Na+]. The maximum absolute atomic E-state index is 11.1. The van der Waals surface area contributed by atoms with Gasteiger partial charge in [-0.05, 0) is 11.1 Å². The molecular weight excluding hydrogens is 249 g/mol. The minimum absolute atomic E-state index is 0. The number of benzene rings is 2. The summed E-state index contributed by atoms with van der Waals surface area (Å²) >= 11 is 0. The fraction of sp³-hybridized carbons (Fsp3) is 0.133. The molecule has 0 aromatic heterocycles. The van der Waals surface area contributed by atoms with Crippen molar-refractivity contribution in [3.8, 4) is 0 Å². The zero-order valence-corrected chi connectivity index (χ0v) is 13.0. The molecule has 19 heavy (non-hydrogen) atoms. The molecule has 0 bridgehead atoms. The van der Waals surface area contributed by atoms with Gasteiger partial charge in [0.2, 0.25) is 0 Å². The van der Waals surface area contributed by atoms with Crippen LogP contribution in [0.4, 0.5) is 4.79 Å². The average molecular weight is 263 g/mol. The van der Waals surface area contributed by atoms with E-state index in [0.29, 0.717) is 13.1 Å². The van der Waals surface area contributed by atoms with Crippen LogP contribution in [0.1, 0.15) is 11.1 Å². The second-order valence-corrected chi connectivity index (χ2v) is 4.09. The summed E-state index contributed by atoms with van der Waals surface area (Å²) < 4.78 is 0. The molecule has 0 fully saturated rings. The summed E-state index contributed by atoms with van der Waals surface area (Å²) in [6.07, 6.45) is -1.15. The molecular formula is C15H14NNaO2. The third-order valence-electron chi connectivity index (χ3n) is 2.69. The van der Waals surface area contributed by atoms with Crippen molar-refractivity contribution >= 4 is 6.09 Å². The molecule has 2 aromatic carbocycles. The first kappa shape index (κ1) is 15.8. The molecule has 0 atom stereocenters. The second-order valence-electron chi connectivity index (χ2n) is 4.09. The zero-order valence-electron chi connectivity index (χ0n) is 11.0. The summed E-state index contributed by atoms with van der Waals surface area (Å²) in [5, 5.41) is 11.1. The van der Waals surface area contributed by atoms with Crippen LogP contribution in [0.2, 0.25) is 0 Å². The Bertz CT molecular complexity index is 461. The Kier molecular flexibility index (Phi) is 6.64. The molecule has 0 unspecified atom stereocenters. The van der Waals surface area contributed by atoms with Crippen LogP contribution in [0.25, 0.3) is 0 Å². The summed E-state index contributed by atoms with van der Waals surface area (Å²) in [6.45, 7) is 0.691. The van der Waals surface area contributed by atoms with Gasteiger partial charge < -0.3 is 14.8 Å². The summed E-state index contributed by atoms with van der Waals surface area (Å²) in [5.74, 6) is 0. The Labute approximate surface area is 135 Å². The molecule has 92 valence electrons. The Morgan fingerprint density at radius 2 is 1.21 bits per heavy atom. The van der Waals surface area contributed by atoms with Crippen LogP contribution in [0.5, 0.6) is 0 Å². The molecule has 3 nitrogen and oxygen atoms in total. The van der Waals surface area contributed by atoms with Crippen molar-refractivity contribution < 1.29 is 39.5 Å². The van der Waals surface area contributed by atoms with E-state index in [0.717, 1.165) is 11.1 Å². The molecule has 0 radical (unpaired) electrons. The molecule has 0 saturated heterocycles. The number of carbonyl (C=O) groups excluding carboxylic acids is 1. The van der Waals surface area contributed by atoms with Crippen LogP contribution in [-0.4, -0.2) is 11.0 Å². The van der Waals surface area contributed by atoms with Gasteiger partial charge in [0.05, 0.1) is 0 Å². The van der Waals surface area contributed by atoms with Crippen molar-refractivity contribution in [2.75, 3.05) is 0 Å². The number of nitrogens with zero attached hydrogens (tertiary/aromatic N) is 1. The molecule has 0 aliphatic carbocycles. The molecule has 0 N–H and O–H groups in total. The van der Waals surface area contributed by atoms with E-state index >= 15 is 0 Å². The van der Waals surface area contributed by atoms with Crippen LogP contribution < -0.4 is 34.7 Å². The predicted octanol–water partition coefficient (Wildman–Crippen LogP) is -0.964. The quantitative estimate of drug-likeness (QED) is 0.667. The Hall–Kier alpha value is -1.29. The van der Waals surface area contributed by atoms with E-state index in [9.17, 15) is 9.90 Å². The third-order valence-corrected chi connectivity index (χ3v) is 2.69. The van der Waals surface area contributed by atoms with Gasteiger partial charge in [-0.15, -0.1) is 0 Å². The van der Waals surface area contributed by atoms with Gasteiger partial charge in [0.25, 0.3) is 0 Å². The molecule has 4 heteroatoms. The van der Waals surface area contributed by atoms with E-state index in [4.69, 9.17) is 0 Å². The standard InChI is InChI=1S/C15H15NO2.Na/c17-15(18)16(11-13-7-3-1-4-8-13)12-14-9-5-2-6-10-14;/h1-10H,11-12H2,(H,17,18);/q;+1/p-1. The number of hydrogen-bond acceptors (Lipinski definition) is 2. The summed E-state index contributed by atoms with van der Waals surface area (Å²) in [5.41, 5.74) is 1.91. The van der Waals surface area contributed by atoms with E-state index in [1.165, 1.54) is 4.90 Å². The molecule has 0 saturated carbocycles. The van der Waals surface area contributed by atoms with Crippen LogP contribution in [0.3, 0.4) is 0 Å². The molecule has 0 spiro atoms. The molecule has 2 rings (SSSR count). The second kappa shape index (κ2) is 8.00. The minimum atomic E-state index is -1.15. The Balaban J connectivity index is 0.00000180. The van der Waals surface area contributed by atoms with Crippen LogP contribution >= 0.6 is 0 Å². The normalized spacial score (nSPS) is 9.47. The first-order chi connectivity index (χ1) is 8.75. The van der Waals surface area contributed by atoms with Crippen LogP contribution in [0.15, 0.2) is 60.7 Å². The molecule has 2 aromatic rings. The largest absolute Gasteiger partial charge is 1.00 e. The fourth-order valence-corrected chi connectivity index (χ4v) is 1.79. The maximum Gasteiger partial charge on any atom is 1.00 e.